The second-order valence-electron chi connectivity index (χ2n) is 8.23. The van der Waals surface area contributed by atoms with Gasteiger partial charge in [-0.2, -0.15) is 0 Å². The van der Waals surface area contributed by atoms with Crippen molar-refractivity contribution >= 4 is 23.1 Å². The summed E-state index contributed by atoms with van der Waals surface area (Å²) in [6, 6.07) is 16.4. The van der Waals surface area contributed by atoms with E-state index in [2.05, 4.69) is 33.8 Å². The second-order valence-corrected chi connectivity index (χ2v) is 9.60. The lowest BCUT2D eigenvalue weighted by Crippen LogP contribution is -2.46. The van der Waals surface area contributed by atoms with Crippen LogP contribution in [0.15, 0.2) is 54.7 Å². The van der Waals surface area contributed by atoms with E-state index in [9.17, 15) is 4.79 Å². The molecule has 2 aromatic heterocycles. The van der Waals surface area contributed by atoms with Crippen LogP contribution in [0, 0.1) is 12.8 Å². The van der Waals surface area contributed by atoms with E-state index < -0.39 is 0 Å². The number of esters is 1. The maximum absolute atomic E-state index is 12.5. The minimum atomic E-state index is -0.238. The molecular weight excluding hydrogens is 406 g/mol. The lowest BCUT2D eigenvalue weighted by atomic mass is 10.1. The summed E-state index contributed by atoms with van der Waals surface area (Å²) in [5.74, 6) is 0.873. The topological polar surface area (TPSA) is 45.7 Å². The van der Waals surface area contributed by atoms with E-state index in [1.165, 1.54) is 9.75 Å². The number of pyridine rings is 1. The first-order valence-electron chi connectivity index (χ1n) is 10.8. The molecule has 1 fully saturated rings. The molecule has 0 aliphatic carbocycles. The Balaban J connectivity index is 1.57. The summed E-state index contributed by atoms with van der Waals surface area (Å²) in [5, 5.41) is 0. The number of anilines is 1. The zero-order chi connectivity index (χ0) is 21.8. The van der Waals surface area contributed by atoms with E-state index in [-0.39, 0.29) is 11.9 Å². The fourth-order valence-corrected chi connectivity index (χ4v) is 4.67. The fourth-order valence-electron chi connectivity index (χ4n) is 3.73. The van der Waals surface area contributed by atoms with Gasteiger partial charge in [0.05, 0.1) is 5.92 Å². The van der Waals surface area contributed by atoms with Crippen molar-refractivity contribution in [1.29, 1.82) is 0 Å². The van der Waals surface area contributed by atoms with Gasteiger partial charge in [0.2, 0.25) is 0 Å². The third kappa shape index (κ3) is 5.14. The third-order valence-electron chi connectivity index (χ3n) is 5.49. The average molecular weight is 436 g/mol. The highest BCUT2D eigenvalue weighted by Gasteiger charge is 2.25. The van der Waals surface area contributed by atoms with Crippen LogP contribution in [0.1, 0.15) is 23.6 Å². The van der Waals surface area contributed by atoms with Gasteiger partial charge in [-0.3, -0.25) is 9.69 Å². The first kappa shape index (κ1) is 21.5. The number of aryl methyl sites for hydroxylation is 1. The van der Waals surface area contributed by atoms with Gasteiger partial charge in [0, 0.05) is 54.2 Å². The van der Waals surface area contributed by atoms with Gasteiger partial charge in [0.15, 0.2) is 11.6 Å². The van der Waals surface area contributed by atoms with E-state index in [0.29, 0.717) is 5.75 Å². The quantitative estimate of drug-likeness (QED) is 0.510. The summed E-state index contributed by atoms with van der Waals surface area (Å²) in [6.07, 6.45) is 1.81. The summed E-state index contributed by atoms with van der Waals surface area (Å²) in [6.45, 7) is 10.4. The van der Waals surface area contributed by atoms with Crippen LogP contribution in [0.3, 0.4) is 0 Å². The van der Waals surface area contributed by atoms with Crippen LogP contribution in [0.5, 0.6) is 5.75 Å². The molecule has 3 heterocycles. The number of rotatable bonds is 6. The lowest BCUT2D eigenvalue weighted by molar-refractivity contribution is -0.137. The first-order valence-corrected chi connectivity index (χ1v) is 11.6. The average Bonchev–Trinajstić information content (AvgIpc) is 3.19. The van der Waals surface area contributed by atoms with Crippen LogP contribution in [0.4, 0.5) is 5.82 Å². The van der Waals surface area contributed by atoms with E-state index in [0.717, 1.165) is 49.7 Å². The SMILES string of the molecule is Cc1ccc(CN2CCN(c3nccc(-c4ccccc4)c3OC(=O)C(C)C)CC2)s1. The highest BCUT2D eigenvalue weighted by Crippen LogP contribution is 2.38. The Morgan fingerprint density at radius 1 is 1.06 bits per heavy atom. The van der Waals surface area contributed by atoms with E-state index in [1.54, 1.807) is 0 Å². The molecule has 5 nitrogen and oxygen atoms in total. The Labute approximate surface area is 188 Å². The molecule has 162 valence electrons. The number of carbonyl (C=O) groups excluding carboxylic acids is 1. The van der Waals surface area contributed by atoms with Gasteiger partial charge < -0.3 is 9.64 Å². The zero-order valence-electron chi connectivity index (χ0n) is 18.4. The van der Waals surface area contributed by atoms with Crippen LogP contribution in [0.2, 0.25) is 0 Å². The molecule has 0 amide bonds. The molecule has 1 aliphatic heterocycles. The van der Waals surface area contributed by atoms with Gasteiger partial charge in [-0.1, -0.05) is 44.2 Å². The molecule has 1 saturated heterocycles. The minimum Gasteiger partial charge on any atom is -0.422 e. The molecule has 0 bridgehead atoms. The molecule has 0 radical (unpaired) electrons. The Morgan fingerprint density at radius 3 is 2.45 bits per heavy atom. The van der Waals surface area contributed by atoms with Crippen LogP contribution < -0.4 is 9.64 Å². The third-order valence-corrected chi connectivity index (χ3v) is 6.48. The van der Waals surface area contributed by atoms with Gasteiger partial charge in [0.1, 0.15) is 0 Å². The number of carbonyl (C=O) groups is 1. The molecule has 1 aliphatic rings. The maximum Gasteiger partial charge on any atom is 0.313 e. The Morgan fingerprint density at radius 2 is 1.81 bits per heavy atom. The molecular formula is C25H29N3O2S. The molecule has 0 spiro atoms. The van der Waals surface area contributed by atoms with Crippen molar-refractivity contribution in [3.05, 3.63) is 64.5 Å². The lowest BCUT2D eigenvalue weighted by Gasteiger charge is -2.36. The zero-order valence-corrected chi connectivity index (χ0v) is 19.2. The number of hydrogen-bond donors (Lipinski definition) is 0. The van der Waals surface area contributed by atoms with Crippen molar-refractivity contribution in [2.75, 3.05) is 31.1 Å². The van der Waals surface area contributed by atoms with E-state index in [1.807, 2.05) is 67.8 Å². The van der Waals surface area contributed by atoms with Crippen LogP contribution in [0.25, 0.3) is 11.1 Å². The van der Waals surface area contributed by atoms with Crippen molar-refractivity contribution in [3.8, 4) is 16.9 Å². The number of benzene rings is 1. The molecule has 0 unspecified atom stereocenters. The number of piperazine rings is 1. The summed E-state index contributed by atoms with van der Waals surface area (Å²) in [7, 11) is 0. The van der Waals surface area contributed by atoms with Gasteiger partial charge in [-0.25, -0.2) is 4.98 Å². The van der Waals surface area contributed by atoms with E-state index >= 15 is 0 Å². The molecule has 1 aromatic carbocycles. The number of nitrogens with zero attached hydrogens (tertiary/aromatic N) is 3. The molecule has 0 saturated carbocycles. The normalized spacial score (nSPS) is 14.8. The predicted molar refractivity (Wildman–Crippen MR) is 127 cm³/mol. The summed E-state index contributed by atoms with van der Waals surface area (Å²) < 4.78 is 5.92. The minimum absolute atomic E-state index is 0.206. The smallest absolute Gasteiger partial charge is 0.313 e. The van der Waals surface area contributed by atoms with Crippen molar-refractivity contribution in [2.45, 2.75) is 27.3 Å². The summed E-state index contributed by atoms with van der Waals surface area (Å²) in [5.41, 5.74) is 1.92. The highest BCUT2D eigenvalue weighted by molar-refractivity contribution is 7.11. The standard InChI is InChI=1S/C25H29N3O2S/c1-18(2)25(29)30-23-22(20-7-5-4-6-8-20)11-12-26-24(23)28-15-13-27(14-16-28)17-21-10-9-19(3)31-21/h4-12,18H,13-17H2,1-3H3. The number of ether oxygens (including phenoxy) is 1. The van der Waals surface area contributed by atoms with Gasteiger partial charge >= 0.3 is 5.97 Å². The predicted octanol–water partition coefficient (Wildman–Crippen LogP) is 5.00. The Hall–Kier alpha value is -2.70. The summed E-state index contributed by atoms with van der Waals surface area (Å²) >= 11 is 1.86. The number of aromatic nitrogens is 1. The fraction of sp³-hybridized carbons (Fsp3) is 0.360. The molecule has 31 heavy (non-hydrogen) atoms. The van der Waals surface area contributed by atoms with Crippen molar-refractivity contribution in [1.82, 2.24) is 9.88 Å². The van der Waals surface area contributed by atoms with Crippen LogP contribution in [-0.2, 0) is 11.3 Å². The Kier molecular flexibility index (Phi) is 6.68. The molecule has 0 N–H and O–H groups in total. The summed E-state index contributed by atoms with van der Waals surface area (Å²) in [4.78, 5) is 24.6. The van der Waals surface area contributed by atoms with Gasteiger partial charge in [0.25, 0.3) is 0 Å². The second kappa shape index (κ2) is 9.62. The monoisotopic (exact) mass is 435 g/mol. The number of hydrogen-bond acceptors (Lipinski definition) is 6. The van der Waals surface area contributed by atoms with Crippen molar-refractivity contribution < 1.29 is 9.53 Å². The molecule has 6 heteroatoms. The number of thiophene rings is 1. The largest absolute Gasteiger partial charge is 0.422 e. The molecule has 0 atom stereocenters. The van der Waals surface area contributed by atoms with Gasteiger partial charge in [-0.15, -0.1) is 11.3 Å². The van der Waals surface area contributed by atoms with Crippen molar-refractivity contribution in [3.63, 3.8) is 0 Å². The van der Waals surface area contributed by atoms with Crippen LogP contribution >= 0.6 is 11.3 Å². The first-order chi connectivity index (χ1) is 15.0. The van der Waals surface area contributed by atoms with Crippen LogP contribution in [-0.4, -0.2) is 42.0 Å². The highest BCUT2D eigenvalue weighted by atomic mass is 32.1. The molecule has 3 aromatic rings. The van der Waals surface area contributed by atoms with Crippen molar-refractivity contribution in [2.24, 2.45) is 5.92 Å². The maximum atomic E-state index is 12.5. The molecule has 4 rings (SSSR count). The Bertz CT molecular complexity index is 1020. The van der Waals surface area contributed by atoms with Gasteiger partial charge in [-0.05, 0) is 30.7 Å². The van der Waals surface area contributed by atoms with E-state index in [4.69, 9.17) is 4.74 Å².